The topological polar surface area (TPSA) is 78.9 Å². The second-order valence-electron chi connectivity index (χ2n) is 24.2. The van der Waals surface area contributed by atoms with E-state index in [0.29, 0.717) is 19.3 Å². The normalized spacial score (nSPS) is 12.0. The van der Waals surface area contributed by atoms with Crippen molar-refractivity contribution >= 4 is 17.9 Å². The predicted octanol–water partition coefficient (Wildman–Crippen LogP) is 24.0. The van der Waals surface area contributed by atoms with Crippen LogP contribution < -0.4 is 0 Å². The molecular weight excluding hydrogens is 949 g/mol. The zero-order chi connectivity index (χ0) is 55.7. The molecule has 0 N–H and O–H groups in total. The maximum atomic E-state index is 12.9. The molecule has 77 heavy (non-hydrogen) atoms. The Kier molecular flexibility index (Phi) is 65.1. The number of rotatable bonds is 66. The average Bonchev–Trinajstić information content (AvgIpc) is 3.43. The molecule has 6 nitrogen and oxygen atoms in total. The summed E-state index contributed by atoms with van der Waals surface area (Å²) in [5.74, 6) is -0.833. The SMILES string of the molecule is CCCCCCCC/C=C\CCCCCCCCCC(=O)OC(COC(=O)CCCCCCCCCCCCCCCCCCC)COC(=O)CCCCCCCCCCCCCCCCCCCCCCCCCCC. The van der Waals surface area contributed by atoms with Gasteiger partial charge in [-0.05, 0) is 44.9 Å². The number of carbonyl (C=O) groups excluding carboxylic acids is 3. The Labute approximate surface area is 481 Å². The van der Waals surface area contributed by atoms with Gasteiger partial charge in [-0.3, -0.25) is 14.4 Å². The van der Waals surface area contributed by atoms with E-state index in [0.717, 1.165) is 57.8 Å². The van der Waals surface area contributed by atoms with Crippen molar-refractivity contribution in [2.45, 2.75) is 412 Å². The van der Waals surface area contributed by atoms with Gasteiger partial charge in [0.05, 0.1) is 0 Å². The molecule has 0 aliphatic heterocycles. The van der Waals surface area contributed by atoms with E-state index in [-0.39, 0.29) is 31.1 Å². The van der Waals surface area contributed by atoms with E-state index in [1.165, 1.54) is 308 Å². The smallest absolute Gasteiger partial charge is 0.306 e. The third kappa shape index (κ3) is 64.9. The molecule has 0 aliphatic rings. The molecule has 1 unspecified atom stereocenters. The van der Waals surface area contributed by atoms with E-state index >= 15 is 0 Å². The van der Waals surface area contributed by atoms with E-state index < -0.39 is 6.10 Å². The summed E-state index contributed by atoms with van der Waals surface area (Å²) in [4.78, 5) is 38.4. The van der Waals surface area contributed by atoms with Crippen LogP contribution in [0.15, 0.2) is 12.2 Å². The van der Waals surface area contributed by atoms with Gasteiger partial charge in [0.2, 0.25) is 0 Å². The molecule has 0 saturated carbocycles. The Morgan fingerprint density at radius 2 is 0.429 bits per heavy atom. The molecule has 0 aliphatic carbocycles. The third-order valence-electron chi connectivity index (χ3n) is 16.3. The van der Waals surface area contributed by atoms with Gasteiger partial charge in [-0.25, -0.2) is 0 Å². The lowest BCUT2D eigenvalue weighted by Crippen LogP contribution is -2.30. The standard InChI is InChI=1S/C71H136O6/c1-4-7-10-13-16-19-22-25-28-31-32-33-34-35-36-37-38-41-43-46-49-52-55-58-61-64-70(73)76-67-68(77-71(74)65-62-59-56-53-50-47-44-40-30-27-24-21-18-15-12-9-6-3)66-75-69(72)63-60-57-54-51-48-45-42-39-29-26-23-20-17-14-11-8-5-2/h27,30,68H,4-26,28-29,31-67H2,1-3H3/b30-27-. The van der Waals surface area contributed by atoms with Gasteiger partial charge in [0, 0.05) is 19.3 Å². The van der Waals surface area contributed by atoms with Crippen LogP contribution in [0.5, 0.6) is 0 Å². The van der Waals surface area contributed by atoms with Gasteiger partial charge >= 0.3 is 17.9 Å². The Hall–Kier alpha value is -1.85. The molecule has 0 spiro atoms. The number of hydrogen-bond acceptors (Lipinski definition) is 6. The highest BCUT2D eigenvalue weighted by atomic mass is 16.6. The molecule has 6 heteroatoms. The zero-order valence-electron chi connectivity index (χ0n) is 52.5. The van der Waals surface area contributed by atoms with E-state index in [4.69, 9.17) is 14.2 Å². The van der Waals surface area contributed by atoms with Crippen molar-refractivity contribution in [2.75, 3.05) is 13.2 Å². The van der Waals surface area contributed by atoms with Gasteiger partial charge < -0.3 is 14.2 Å². The summed E-state index contributed by atoms with van der Waals surface area (Å²) in [6.07, 6.45) is 79.5. The molecule has 0 heterocycles. The van der Waals surface area contributed by atoms with Crippen LogP contribution in [-0.2, 0) is 28.6 Å². The Bertz CT molecular complexity index is 1200. The maximum Gasteiger partial charge on any atom is 0.306 e. The van der Waals surface area contributed by atoms with Gasteiger partial charge in [0.1, 0.15) is 13.2 Å². The first-order valence-electron chi connectivity index (χ1n) is 35.2. The molecular formula is C71H136O6. The summed E-state index contributed by atoms with van der Waals surface area (Å²) in [6.45, 7) is 6.73. The van der Waals surface area contributed by atoms with Crippen molar-refractivity contribution in [2.24, 2.45) is 0 Å². The molecule has 0 aromatic carbocycles. The summed E-state index contributed by atoms with van der Waals surface area (Å²) < 4.78 is 17.0. The molecule has 456 valence electrons. The summed E-state index contributed by atoms with van der Waals surface area (Å²) >= 11 is 0. The Morgan fingerprint density at radius 1 is 0.247 bits per heavy atom. The highest BCUT2D eigenvalue weighted by Gasteiger charge is 2.19. The molecule has 0 fully saturated rings. The molecule has 1 atom stereocenters. The van der Waals surface area contributed by atoms with Crippen LogP contribution in [0.4, 0.5) is 0 Å². The fraction of sp³-hybridized carbons (Fsp3) is 0.930. The highest BCUT2D eigenvalue weighted by molar-refractivity contribution is 5.71. The van der Waals surface area contributed by atoms with Crippen LogP contribution in [0, 0.1) is 0 Å². The van der Waals surface area contributed by atoms with Crippen molar-refractivity contribution in [3.05, 3.63) is 12.2 Å². The summed E-state index contributed by atoms with van der Waals surface area (Å²) in [6, 6.07) is 0. The van der Waals surface area contributed by atoms with Crippen molar-refractivity contribution in [3.8, 4) is 0 Å². The minimum atomic E-state index is -0.769. The summed E-state index contributed by atoms with van der Waals surface area (Å²) in [5.41, 5.74) is 0. The van der Waals surface area contributed by atoms with Crippen LogP contribution in [0.2, 0.25) is 0 Å². The number of hydrogen-bond donors (Lipinski definition) is 0. The molecule has 0 saturated heterocycles. The first kappa shape index (κ1) is 75.2. The number of unbranched alkanes of at least 4 members (excludes halogenated alkanes) is 53. The van der Waals surface area contributed by atoms with Crippen LogP contribution in [0.3, 0.4) is 0 Å². The summed E-state index contributed by atoms with van der Waals surface area (Å²) in [5, 5.41) is 0. The predicted molar refractivity (Wildman–Crippen MR) is 335 cm³/mol. The molecule has 0 bridgehead atoms. The molecule has 0 rings (SSSR count). The van der Waals surface area contributed by atoms with Gasteiger partial charge in [-0.15, -0.1) is 0 Å². The molecule has 0 aromatic heterocycles. The Balaban J connectivity index is 4.24. The van der Waals surface area contributed by atoms with E-state index in [1.807, 2.05) is 0 Å². The number of esters is 3. The van der Waals surface area contributed by atoms with Crippen LogP contribution in [0.25, 0.3) is 0 Å². The third-order valence-corrected chi connectivity index (χ3v) is 16.3. The molecule has 0 amide bonds. The van der Waals surface area contributed by atoms with Crippen molar-refractivity contribution < 1.29 is 28.6 Å². The van der Waals surface area contributed by atoms with Gasteiger partial charge in [0.15, 0.2) is 6.10 Å². The van der Waals surface area contributed by atoms with Gasteiger partial charge in [-0.2, -0.15) is 0 Å². The van der Waals surface area contributed by atoms with Crippen LogP contribution in [-0.4, -0.2) is 37.2 Å². The first-order valence-corrected chi connectivity index (χ1v) is 35.2. The molecule has 0 aromatic rings. The number of ether oxygens (including phenoxy) is 3. The van der Waals surface area contributed by atoms with E-state index in [9.17, 15) is 14.4 Å². The fourth-order valence-corrected chi connectivity index (χ4v) is 11.0. The number of carbonyl (C=O) groups is 3. The molecule has 0 radical (unpaired) electrons. The monoisotopic (exact) mass is 1090 g/mol. The summed E-state index contributed by atoms with van der Waals surface area (Å²) in [7, 11) is 0. The number of allylic oxidation sites excluding steroid dienone is 2. The van der Waals surface area contributed by atoms with Crippen molar-refractivity contribution in [3.63, 3.8) is 0 Å². The highest BCUT2D eigenvalue weighted by Crippen LogP contribution is 2.19. The van der Waals surface area contributed by atoms with Crippen molar-refractivity contribution in [1.82, 2.24) is 0 Å². The minimum Gasteiger partial charge on any atom is -0.462 e. The van der Waals surface area contributed by atoms with E-state index in [2.05, 4.69) is 32.9 Å². The minimum absolute atomic E-state index is 0.0648. The lowest BCUT2D eigenvalue weighted by atomic mass is 10.0. The first-order chi connectivity index (χ1) is 38.0. The van der Waals surface area contributed by atoms with Crippen LogP contribution in [0.1, 0.15) is 406 Å². The lowest BCUT2D eigenvalue weighted by Gasteiger charge is -2.18. The quantitative estimate of drug-likeness (QED) is 0.0261. The van der Waals surface area contributed by atoms with Crippen LogP contribution >= 0.6 is 0 Å². The van der Waals surface area contributed by atoms with Crippen molar-refractivity contribution in [1.29, 1.82) is 0 Å². The fourth-order valence-electron chi connectivity index (χ4n) is 11.0. The largest absolute Gasteiger partial charge is 0.462 e. The Morgan fingerprint density at radius 3 is 0.649 bits per heavy atom. The zero-order valence-corrected chi connectivity index (χ0v) is 52.5. The van der Waals surface area contributed by atoms with Gasteiger partial charge in [0.25, 0.3) is 0 Å². The maximum absolute atomic E-state index is 12.9. The van der Waals surface area contributed by atoms with Gasteiger partial charge in [-0.1, -0.05) is 354 Å². The lowest BCUT2D eigenvalue weighted by molar-refractivity contribution is -0.167. The average molecular weight is 1090 g/mol. The second kappa shape index (κ2) is 66.7. The van der Waals surface area contributed by atoms with E-state index in [1.54, 1.807) is 0 Å². The second-order valence-corrected chi connectivity index (χ2v) is 24.2.